The lowest BCUT2D eigenvalue weighted by atomic mass is 9.50. The summed E-state index contributed by atoms with van der Waals surface area (Å²) in [7, 11) is 4.51. The fourth-order valence-electron chi connectivity index (χ4n) is 5.97. The Hall–Kier alpha value is -0.0400. The van der Waals surface area contributed by atoms with Crippen molar-refractivity contribution in [1.29, 1.82) is 0 Å². The average molecular weight is 263 g/mol. The van der Waals surface area contributed by atoms with Crippen molar-refractivity contribution in [2.45, 2.75) is 47.0 Å². The average Bonchev–Trinajstić information content (AvgIpc) is 2.87. The summed E-state index contributed by atoms with van der Waals surface area (Å²) in [5.41, 5.74) is 0.710. The van der Waals surface area contributed by atoms with E-state index in [2.05, 4.69) is 46.7 Å². The van der Waals surface area contributed by atoms with Gasteiger partial charge in [0, 0.05) is 6.54 Å². The largest absolute Gasteiger partial charge is 0.309 e. The molecule has 2 bridgehead atoms. The summed E-state index contributed by atoms with van der Waals surface area (Å²) in [6.45, 7) is 11.3. The zero-order valence-corrected chi connectivity index (χ0v) is 13.8. The summed E-state index contributed by atoms with van der Waals surface area (Å²) in [6, 6.07) is 0. The molecule has 4 aliphatic carbocycles. The van der Waals surface area contributed by atoms with Crippen molar-refractivity contribution in [2.24, 2.45) is 46.8 Å². The van der Waals surface area contributed by atoms with Gasteiger partial charge in [-0.2, -0.15) is 0 Å². The van der Waals surface area contributed by atoms with E-state index in [0.717, 1.165) is 41.4 Å². The van der Waals surface area contributed by atoms with Gasteiger partial charge in [-0.15, -0.1) is 0 Å². The van der Waals surface area contributed by atoms with Gasteiger partial charge < -0.3 is 4.90 Å². The highest BCUT2D eigenvalue weighted by Gasteiger charge is 2.63. The highest BCUT2D eigenvalue weighted by Crippen LogP contribution is 2.70. The Morgan fingerprint density at radius 3 is 2.21 bits per heavy atom. The summed E-state index contributed by atoms with van der Waals surface area (Å²) in [5.74, 6) is 6.99. The third kappa shape index (κ3) is 2.07. The minimum atomic E-state index is 0.710. The van der Waals surface area contributed by atoms with Gasteiger partial charge in [0.15, 0.2) is 0 Å². The van der Waals surface area contributed by atoms with Crippen LogP contribution in [-0.2, 0) is 0 Å². The van der Waals surface area contributed by atoms with Crippen molar-refractivity contribution in [3.05, 3.63) is 0 Å². The molecular formula is C18H33N. The predicted molar refractivity (Wildman–Crippen MR) is 82.0 cm³/mol. The molecule has 4 saturated carbocycles. The Bertz CT molecular complexity index is 340. The van der Waals surface area contributed by atoms with Crippen LogP contribution < -0.4 is 0 Å². The summed E-state index contributed by atoms with van der Waals surface area (Å²) in [6.07, 6.45) is 4.60. The van der Waals surface area contributed by atoms with Gasteiger partial charge in [0.1, 0.15) is 0 Å². The van der Waals surface area contributed by atoms with Crippen LogP contribution in [0.5, 0.6) is 0 Å². The molecule has 1 heteroatoms. The first-order valence-corrected chi connectivity index (χ1v) is 8.50. The first kappa shape index (κ1) is 13.9. The second-order valence-electron chi connectivity index (χ2n) is 8.81. The Morgan fingerprint density at radius 2 is 1.68 bits per heavy atom. The lowest BCUT2D eigenvalue weighted by Gasteiger charge is -2.55. The highest BCUT2D eigenvalue weighted by molar-refractivity contribution is 5.12. The number of hydrogen-bond acceptors (Lipinski definition) is 1. The number of rotatable bonds is 3. The van der Waals surface area contributed by atoms with Crippen LogP contribution in [0.3, 0.4) is 0 Å². The summed E-state index contributed by atoms with van der Waals surface area (Å²) >= 11 is 0. The maximum absolute atomic E-state index is 2.55. The molecule has 4 fully saturated rings. The van der Waals surface area contributed by atoms with Crippen LogP contribution in [0.2, 0.25) is 0 Å². The van der Waals surface area contributed by atoms with Crippen LogP contribution in [0.4, 0.5) is 0 Å². The van der Waals surface area contributed by atoms with Gasteiger partial charge in [0.05, 0.1) is 0 Å². The minimum Gasteiger partial charge on any atom is -0.309 e. The van der Waals surface area contributed by atoms with Gasteiger partial charge in [-0.25, -0.2) is 0 Å². The maximum atomic E-state index is 2.55. The quantitative estimate of drug-likeness (QED) is 0.740. The van der Waals surface area contributed by atoms with E-state index in [1.165, 1.54) is 13.0 Å². The molecule has 5 atom stereocenters. The normalized spacial score (nSPS) is 52.4. The molecule has 0 heterocycles. The molecule has 0 aromatic rings. The van der Waals surface area contributed by atoms with Crippen molar-refractivity contribution in [2.75, 3.05) is 20.6 Å². The van der Waals surface area contributed by atoms with Crippen molar-refractivity contribution in [3.63, 3.8) is 0 Å². The van der Waals surface area contributed by atoms with E-state index < -0.39 is 0 Å². The van der Waals surface area contributed by atoms with E-state index in [1.807, 2.05) is 0 Å². The molecule has 0 aromatic carbocycles. The second-order valence-corrected chi connectivity index (χ2v) is 8.81. The molecule has 4 aliphatic rings. The number of hydrogen-bond donors (Lipinski definition) is 0. The first-order valence-electron chi connectivity index (χ1n) is 8.50. The fourth-order valence-corrected chi connectivity index (χ4v) is 5.97. The van der Waals surface area contributed by atoms with Gasteiger partial charge in [-0.05, 0) is 80.2 Å². The van der Waals surface area contributed by atoms with Crippen molar-refractivity contribution in [1.82, 2.24) is 4.90 Å². The molecule has 0 N–H and O–H groups in total. The van der Waals surface area contributed by atoms with Gasteiger partial charge in [-0.3, -0.25) is 0 Å². The second kappa shape index (κ2) is 4.48. The lowest BCUT2D eigenvalue weighted by Crippen LogP contribution is -2.47. The third-order valence-electron chi connectivity index (χ3n) is 7.15. The van der Waals surface area contributed by atoms with Crippen molar-refractivity contribution in [3.8, 4) is 0 Å². The topological polar surface area (TPSA) is 3.24 Å². The van der Waals surface area contributed by atoms with Crippen LogP contribution in [-0.4, -0.2) is 25.5 Å². The molecule has 0 spiro atoms. The summed E-state index contributed by atoms with van der Waals surface area (Å²) in [5, 5.41) is 0. The predicted octanol–water partition coefficient (Wildman–Crippen LogP) is 4.14. The standard InChI is InChI=1S/C18H33N/c1-11(2)18-7-12(3)15(10-19(5)6)17-13(4)16(17)14(8-18)9-18/h11-17H,7-10H2,1-6H3/t12?,13?,14-,15?,16?,17?,18-. The SMILES string of the molecule is CC1C[C@]2(C(C)C)C[C@@H](C2)C2C(C)C2C1CN(C)C. The molecule has 19 heavy (non-hydrogen) atoms. The van der Waals surface area contributed by atoms with Crippen LogP contribution >= 0.6 is 0 Å². The number of fused-ring (bicyclic) bond motifs is 2. The highest BCUT2D eigenvalue weighted by atomic mass is 15.1. The lowest BCUT2D eigenvalue weighted by molar-refractivity contribution is -0.0546. The molecule has 0 saturated heterocycles. The van der Waals surface area contributed by atoms with Gasteiger partial charge in [0.2, 0.25) is 0 Å². The van der Waals surface area contributed by atoms with E-state index in [-0.39, 0.29) is 0 Å². The van der Waals surface area contributed by atoms with Gasteiger partial charge in [0.25, 0.3) is 0 Å². The minimum absolute atomic E-state index is 0.710. The monoisotopic (exact) mass is 263 g/mol. The number of nitrogens with zero attached hydrogens (tertiary/aromatic N) is 1. The maximum Gasteiger partial charge on any atom is 0.000897 e. The third-order valence-corrected chi connectivity index (χ3v) is 7.15. The van der Waals surface area contributed by atoms with E-state index >= 15 is 0 Å². The van der Waals surface area contributed by atoms with Crippen LogP contribution in [0.25, 0.3) is 0 Å². The van der Waals surface area contributed by atoms with Crippen LogP contribution in [0.1, 0.15) is 47.0 Å². The van der Waals surface area contributed by atoms with E-state index in [1.54, 1.807) is 12.8 Å². The summed E-state index contributed by atoms with van der Waals surface area (Å²) < 4.78 is 0. The molecule has 0 aliphatic heterocycles. The molecule has 1 nitrogen and oxygen atoms in total. The zero-order valence-electron chi connectivity index (χ0n) is 13.8. The zero-order chi connectivity index (χ0) is 13.9. The van der Waals surface area contributed by atoms with Crippen LogP contribution in [0, 0.1) is 46.8 Å². The van der Waals surface area contributed by atoms with Crippen molar-refractivity contribution < 1.29 is 0 Å². The van der Waals surface area contributed by atoms with E-state index in [9.17, 15) is 0 Å². The molecule has 4 rings (SSSR count). The van der Waals surface area contributed by atoms with E-state index in [0.29, 0.717) is 5.41 Å². The van der Waals surface area contributed by atoms with E-state index in [4.69, 9.17) is 0 Å². The van der Waals surface area contributed by atoms with Gasteiger partial charge in [-0.1, -0.05) is 27.7 Å². The smallest absolute Gasteiger partial charge is 0.000897 e. The first-order chi connectivity index (χ1) is 8.85. The molecule has 5 unspecified atom stereocenters. The Kier molecular flexibility index (Phi) is 3.28. The Labute approximate surface area is 120 Å². The molecular weight excluding hydrogens is 230 g/mol. The summed E-state index contributed by atoms with van der Waals surface area (Å²) in [4.78, 5) is 2.43. The molecule has 0 amide bonds. The van der Waals surface area contributed by atoms with Crippen molar-refractivity contribution >= 4 is 0 Å². The molecule has 0 radical (unpaired) electrons. The van der Waals surface area contributed by atoms with Gasteiger partial charge >= 0.3 is 0 Å². The fraction of sp³-hybridized carbons (Fsp3) is 1.00. The van der Waals surface area contributed by atoms with Crippen LogP contribution in [0.15, 0.2) is 0 Å². The Balaban J connectivity index is 1.81. The molecule has 110 valence electrons. The Morgan fingerprint density at radius 1 is 1.05 bits per heavy atom. The molecule has 0 aromatic heterocycles.